The third-order valence-electron chi connectivity index (χ3n) is 3.46. The second-order valence-electron chi connectivity index (χ2n) is 5.17. The summed E-state index contributed by atoms with van der Waals surface area (Å²) in [6, 6.07) is -0.0389. The number of aliphatic imine (C=N–C) groups is 1. The number of amidine groups is 1. The van der Waals surface area contributed by atoms with Crippen molar-refractivity contribution in [2.45, 2.75) is 44.7 Å². The van der Waals surface area contributed by atoms with Gasteiger partial charge in [0.15, 0.2) is 15.0 Å². The highest BCUT2D eigenvalue weighted by Gasteiger charge is 2.32. The number of sulfone groups is 1. The van der Waals surface area contributed by atoms with Gasteiger partial charge in [0.25, 0.3) is 0 Å². The van der Waals surface area contributed by atoms with Gasteiger partial charge in [-0.05, 0) is 26.2 Å². The van der Waals surface area contributed by atoms with Crippen LogP contribution >= 0.6 is 11.8 Å². The van der Waals surface area contributed by atoms with Gasteiger partial charge in [0, 0.05) is 11.3 Å². The Morgan fingerprint density at radius 1 is 1.59 bits per heavy atom. The minimum absolute atomic E-state index is 0.0389. The molecule has 0 bridgehead atoms. The summed E-state index contributed by atoms with van der Waals surface area (Å²) in [5.74, 6) is 1.57. The van der Waals surface area contributed by atoms with Crippen LogP contribution in [0.2, 0.25) is 0 Å². The monoisotopic (exact) mass is 276 g/mol. The summed E-state index contributed by atoms with van der Waals surface area (Å²) in [6.45, 7) is 4.34. The molecule has 2 aliphatic heterocycles. The lowest BCUT2D eigenvalue weighted by molar-refractivity contribution is 0.465. The van der Waals surface area contributed by atoms with Gasteiger partial charge in [-0.15, -0.1) is 0 Å². The van der Waals surface area contributed by atoms with E-state index in [0.717, 1.165) is 30.2 Å². The zero-order valence-corrected chi connectivity index (χ0v) is 12.0. The molecule has 0 saturated carbocycles. The van der Waals surface area contributed by atoms with Crippen molar-refractivity contribution in [2.75, 3.05) is 17.3 Å². The third-order valence-corrected chi connectivity index (χ3v) is 6.52. The molecule has 17 heavy (non-hydrogen) atoms. The quantitative estimate of drug-likeness (QED) is 0.829. The van der Waals surface area contributed by atoms with Crippen LogP contribution < -0.4 is 5.32 Å². The van der Waals surface area contributed by atoms with Crippen LogP contribution in [0.4, 0.5) is 0 Å². The van der Waals surface area contributed by atoms with Gasteiger partial charge in [0.2, 0.25) is 0 Å². The fourth-order valence-corrected chi connectivity index (χ4v) is 4.96. The van der Waals surface area contributed by atoms with Crippen molar-refractivity contribution in [1.29, 1.82) is 0 Å². The van der Waals surface area contributed by atoms with Crippen molar-refractivity contribution in [3.05, 3.63) is 0 Å². The molecule has 0 amide bonds. The molecule has 2 aliphatic rings. The maximum atomic E-state index is 11.5. The van der Waals surface area contributed by atoms with Gasteiger partial charge in [-0.1, -0.05) is 18.7 Å². The van der Waals surface area contributed by atoms with E-state index in [2.05, 4.69) is 24.2 Å². The molecular formula is C11H20N2O2S2. The summed E-state index contributed by atoms with van der Waals surface area (Å²) in [5.41, 5.74) is 0.122. The first kappa shape index (κ1) is 13.2. The molecule has 2 atom stereocenters. The van der Waals surface area contributed by atoms with Gasteiger partial charge in [0.1, 0.15) is 0 Å². The van der Waals surface area contributed by atoms with Gasteiger partial charge < -0.3 is 5.32 Å². The average molecular weight is 276 g/mol. The molecular weight excluding hydrogens is 256 g/mol. The van der Waals surface area contributed by atoms with Gasteiger partial charge >= 0.3 is 0 Å². The molecule has 0 aromatic rings. The van der Waals surface area contributed by atoms with E-state index in [0.29, 0.717) is 5.75 Å². The normalized spacial score (nSPS) is 39.2. The number of thioether (sulfide) groups is 1. The lowest BCUT2D eigenvalue weighted by atomic mass is 10.0. The maximum absolute atomic E-state index is 11.5. The van der Waals surface area contributed by atoms with Crippen molar-refractivity contribution in [2.24, 2.45) is 4.99 Å². The number of rotatable bonds is 2. The van der Waals surface area contributed by atoms with E-state index in [1.54, 1.807) is 11.8 Å². The SMILES string of the molecule is CCC1(C)CSC(=NC2CCCS(=O)(=O)C2)N1. The molecule has 0 aromatic heterocycles. The topological polar surface area (TPSA) is 58.5 Å². The minimum Gasteiger partial charge on any atom is -0.359 e. The highest BCUT2D eigenvalue weighted by atomic mass is 32.2. The van der Waals surface area contributed by atoms with Crippen LogP contribution in [-0.2, 0) is 9.84 Å². The van der Waals surface area contributed by atoms with Crippen molar-refractivity contribution in [1.82, 2.24) is 5.32 Å². The Balaban J connectivity index is 2.01. The third kappa shape index (κ3) is 3.37. The second kappa shape index (κ2) is 4.80. The van der Waals surface area contributed by atoms with Crippen LogP contribution in [0.5, 0.6) is 0 Å². The first-order valence-corrected chi connectivity index (χ1v) is 8.92. The predicted molar refractivity (Wildman–Crippen MR) is 73.4 cm³/mol. The van der Waals surface area contributed by atoms with Crippen molar-refractivity contribution >= 4 is 26.8 Å². The predicted octanol–water partition coefficient (Wildman–Crippen LogP) is 1.42. The molecule has 2 heterocycles. The zero-order chi connectivity index (χ0) is 12.5. The number of hydrogen-bond donors (Lipinski definition) is 1. The maximum Gasteiger partial charge on any atom is 0.157 e. The average Bonchev–Trinajstić information content (AvgIpc) is 2.60. The number of nitrogens with zero attached hydrogens (tertiary/aromatic N) is 1. The molecule has 0 spiro atoms. The van der Waals surface area contributed by atoms with E-state index >= 15 is 0 Å². The molecule has 1 N–H and O–H groups in total. The Kier molecular flexibility index (Phi) is 3.73. The summed E-state index contributed by atoms with van der Waals surface area (Å²) in [6.07, 6.45) is 2.70. The van der Waals surface area contributed by atoms with Crippen LogP contribution in [0.15, 0.2) is 4.99 Å². The van der Waals surface area contributed by atoms with E-state index in [4.69, 9.17) is 0 Å². The first-order valence-electron chi connectivity index (χ1n) is 6.12. The lowest BCUT2D eigenvalue weighted by Crippen LogP contribution is -2.40. The van der Waals surface area contributed by atoms with Crippen LogP contribution in [-0.4, -0.2) is 42.4 Å². The summed E-state index contributed by atoms with van der Waals surface area (Å²) in [4.78, 5) is 4.56. The Morgan fingerprint density at radius 2 is 2.35 bits per heavy atom. The van der Waals surface area contributed by atoms with Crippen molar-refractivity contribution < 1.29 is 8.42 Å². The zero-order valence-electron chi connectivity index (χ0n) is 10.4. The number of nitrogens with one attached hydrogen (secondary N) is 1. The Bertz CT molecular complexity index is 419. The summed E-state index contributed by atoms with van der Waals surface area (Å²) in [7, 11) is -2.85. The van der Waals surface area contributed by atoms with Crippen LogP contribution in [0.25, 0.3) is 0 Å². The molecule has 4 nitrogen and oxygen atoms in total. The molecule has 2 saturated heterocycles. The van der Waals surface area contributed by atoms with Gasteiger partial charge in [0.05, 0.1) is 17.5 Å². The smallest absolute Gasteiger partial charge is 0.157 e. The van der Waals surface area contributed by atoms with Crippen LogP contribution in [0.3, 0.4) is 0 Å². The van der Waals surface area contributed by atoms with Crippen LogP contribution in [0.1, 0.15) is 33.1 Å². The lowest BCUT2D eigenvalue weighted by Gasteiger charge is -2.22. The van der Waals surface area contributed by atoms with E-state index in [-0.39, 0.29) is 17.3 Å². The molecule has 0 radical (unpaired) electrons. The standard InChI is InChI=1S/C11H20N2O2S2/c1-3-11(2)8-16-10(13-11)12-9-5-4-6-17(14,15)7-9/h9H,3-8H2,1-2H3,(H,12,13). The Morgan fingerprint density at radius 3 is 2.94 bits per heavy atom. The minimum atomic E-state index is -2.85. The van der Waals surface area contributed by atoms with Crippen molar-refractivity contribution in [3.63, 3.8) is 0 Å². The van der Waals surface area contributed by atoms with Crippen molar-refractivity contribution in [3.8, 4) is 0 Å². The van der Waals surface area contributed by atoms with Gasteiger partial charge in [-0.3, -0.25) is 4.99 Å². The Hall–Kier alpha value is -0.230. The summed E-state index contributed by atoms with van der Waals surface area (Å²) >= 11 is 1.71. The molecule has 0 aliphatic carbocycles. The highest BCUT2D eigenvalue weighted by molar-refractivity contribution is 8.14. The fourth-order valence-electron chi connectivity index (χ4n) is 2.08. The second-order valence-corrected chi connectivity index (χ2v) is 8.37. The molecule has 2 rings (SSSR count). The number of hydrogen-bond acceptors (Lipinski definition) is 4. The van der Waals surface area contributed by atoms with E-state index in [9.17, 15) is 8.42 Å². The summed E-state index contributed by atoms with van der Waals surface area (Å²) < 4.78 is 23.0. The first-order chi connectivity index (χ1) is 7.92. The molecule has 6 heteroatoms. The molecule has 0 aromatic carbocycles. The molecule has 2 unspecified atom stereocenters. The van der Waals surface area contributed by atoms with Gasteiger partial charge in [-0.2, -0.15) is 0 Å². The van der Waals surface area contributed by atoms with Crippen LogP contribution in [0, 0.1) is 0 Å². The van der Waals surface area contributed by atoms with Gasteiger partial charge in [-0.25, -0.2) is 8.42 Å². The van der Waals surface area contributed by atoms with E-state index < -0.39 is 9.84 Å². The highest BCUT2D eigenvalue weighted by Crippen LogP contribution is 2.27. The summed E-state index contributed by atoms with van der Waals surface area (Å²) in [5, 5.41) is 4.34. The largest absolute Gasteiger partial charge is 0.359 e. The molecule has 2 fully saturated rings. The molecule has 98 valence electrons. The Labute approximate surface area is 108 Å². The van der Waals surface area contributed by atoms with E-state index in [1.165, 1.54) is 0 Å². The van der Waals surface area contributed by atoms with E-state index in [1.807, 2.05) is 0 Å². The fraction of sp³-hybridized carbons (Fsp3) is 0.909.